The van der Waals surface area contributed by atoms with E-state index in [1.54, 1.807) is 10.9 Å². The number of nitrogens with one attached hydrogen (secondary N) is 1. The minimum atomic E-state index is -0.0129. The van der Waals surface area contributed by atoms with Gasteiger partial charge in [0.25, 0.3) is 5.91 Å². The monoisotopic (exact) mass is 374 g/mol. The summed E-state index contributed by atoms with van der Waals surface area (Å²) in [6.45, 7) is 5.20. The molecule has 1 N–H and O–H groups in total. The molecule has 0 saturated carbocycles. The summed E-state index contributed by atoms with van der Waals surface area (Å²) in [5, 5.41) is 7.40. The molecule has 0 aliphatic carbocycles. The fourth-order valence-electron chi connectivity index (χ4n) is 3.85. The lowest BCUT2D eigenvalue weighted by atomic mass is 10.00. The number of hydrogen-bond donors (Lipinski definition) is 1. The number of rotatable bonds is 6. The third-order valence-electron chi connectivity index (χ3n) is 5.52. The smallest absolute Gasteiger partial charge is 0.251 e. The summed E-state index contributed by atoms with van der Waals surface area (Å²) in [7, 11) is 0. The number of hydrogen-bond acceptors (Lipinski definition) is 3. The number of carbonyl (C=O) groups is 1. The largest absolute Gasteiger partial charge is 0.349 e. The quantitative estimate of drug-likeness (QED) is 0.718. The molecule has 2 aromatic carbocycles. The van der Waals surface area contributed by atoms with Crippen molar-refractivity contribution >= 4 is 5.91 Å². The first kappa shape index (κ1) is 18.4. The first-order chi connectivity index (χ1) is 13.7. The minimum Gasteiger partial charge on any atom is -0.349 e. The van der Waals surface area contributed by atoms with Crippen molar-refractivity contribution in [2.75, 3.05) is 13.1 Å². The molecule has 0 radical (unpaired) electrons. The van der Waals surface area contributed by atoms with Crippen molar-refractivity contribution in [3.8, 4) is 5.69 Å². The van der Waals surface area contributed by atoms with Gasteiger partial charge < -0.3 is 5.32 Å². The molecule has 0 unspecified atom stereocenters. The number of likely N-dealkylation sites (tertiary alicyclic amines) is 1. The fourth-order valence-corrected chi connectivity index (χ4v) is 3.85. The zero-order valence-electron chi connectivity index (χ0n) is 16.2. The van der Waals surface area contributed by atoms with Crippen molar-refractivity contribution in [1.82, 2.24) is 20.0 Å². The van der Waals surface area contributed by atoms with Gasteiger partial charge in [0.2, 0.25) is 0 Å². The highest BCUT2D eigenvalue weighted by atomic mass is 16.1. The summed E-state index contributed by atoms with van der Waals surface area (Å²) in [4.78, 5) is 15.1. The van der Waals surface area contributed by atoms with Crippen molar-refractivity contribution in [3.63, 3.8) is 0 Å². The topological polar surface area (TPSA) is 50.2 Å². The van der Waals surface area contributed by atoms with Crippen molar-refractivity contribution in [2.24, 2.45) is 5.92 Å². The Morgan fingerprint density at radius 1 is 1.14 bits per heavy atom. The Balaban J connectivity index is 1.31. The van der Waals surface area contributed by atoms with E-state index in [1.165, 1.54) is 5.56 Å². The molecule has 1 saturated heterocycles. The summed E-state index contributed by atoms with van der Waals surface area (Å²) in [6, 6.07) is 20.2. The zero-order valence-corrected chi connectivity index (χ0v) is 16.2. The molecule has 2 atom stereocenters. The van der Waals surface area contributed by atoms with Gasteiger partial charge in [-0.25, -0.2) is 4.68 Å². The molecular formula is C23H26N4O. The molecule has 1 aromatic heterocycles. The van der Waals surface area contributed by atoms with E-state index >= 15 is 0 Å². The van der Waals surface area contributed by atoms with Crippen molar-refractivity contribution in [2.45, 2.75) is 25.9 Å². The van der Waals surface area contributed by atoms with Crippen LogP contribution in [0.1, 0.15) is 29.3 Å². The molecular weight excluding hydrogens is 348 g/mol. The Bertz CT molecular complexity index is 890. The lowest BCUT2D eigenvalue weighted by Gasteiger charge is -2.22. The molecule has 3 aromatic rings. The van der Waals surface area contributed by atoms with Gasteiger partial charge in [0.05, 0.1) is 5.69 Å². The van der Waals surface area contributed by atoms with Crippen LogP contribution in [-0.4, -0.2) is 39.7 Å². The van der Waals surface area contributed by atoms with Crippen LogP contribution in [0.5, 0.6) is 0 Å². The Morgan fingerprint density at radius 2 is 1.93 bits per heavy atom. The molecule has 5 heteroatoms. The van der Waals surface area contributed by atoms with Crippen LogP contribution in [0.4, 0.5) is 0 Å². The predicted octanol–water partition coefficient (Wildman–Crippen LogP) is 3.51. The molecule has 0 spiro atoms. The summed E-state index contributed by atoms with van der Waals surface area (Å²) in [6.07, 6.45) is 4.75. The molecule has 1 aliphatic rings. The van der Waals surface area contributed by atoms with E-state index in [-0.39, 0.29) is 11.9 Å². The third kappa shape index (κ3) is 4.31. The Morgan fingerprint density at radius 3 is 2.64 bits per heavy atom. The van der Waals surface area contributed by atoms with Gasteiger partial charge in [-0.15, -0.1) is 0 Å². The molecule has 1 fully saturated rings. The van der Waals surface area contributed by atoms with Crippen LogP contribution >= 0.6 is 0 Å². The molecule has 1 aliphatic heterocycles. The molecule has 28 heavy (non-hydrogen) atoms. The van der Waals surface area contributed by atoms with Gasteiger partial charge in [0.15, 0.2) is 0 Å². The SMILES string of the molecule is C[C@@H](NC(=O)c1ccc(-n2cccn2)cc1)[C@@H]1CCN(Cc2ccccc2)C1. The van der Waals surface area contributed by atoms with E-state index in [4.69, 9.17) is 0 Å². The highest BCUT2D eigenvalue weighted by molar-refractivity contribution is 5.94. The van der Waals surface area contributed by atoms with Crippen molar-refractivity contribution in [3.05, 3.63) is 84.2 Å². The van der Waals surface area contributed by atoms with E-state index in [1.807, 2.05) is 36.5 Å². The highest BCUT2D eigenvalue weighted by Gasteiger charge is 2.28. The van der Waals surface area contributed by atoms with Crippen LogP contribution in [0.15, 0.2) is 73.1 Å². The van der Waals surface area contributed by atoms with E-state index in [0.717, 1.165) is 31.7 Å². The molecule has 1 amide bonds. The number of carbonyl (C=O) groups excluding carboxylic acids is 1. The van der Waals surface area contributed by atoms with Crippen LogP contribution in [0.25, 0.3) is 5.69 Å². The molecule has 2 heterocycles. The first-order valence-corrected chi connectivity index (χ1v) is 9.86. The van der Waals surface area contributed by atoms with E-state index in [2.05, 4.69) is 52.6 Å². The van der Waals surface area contributed by atoms with Crippen LogP contribution in [0, 0.1) is 5.92 Å². The average molecular weight is 374 g/mol. The van der Waals surface area contributed by atoms with Gasteiger partial charge >= 0.3 is 0 Å². The van der Waals surface area contributed by atoms with Gasteiger partial charge in [-0.3, -0.25) is 9.69 Å². The summed E-state index contributed by atoms with van der Waals surface area (Å²) in [5.41, 5.74) is 2.97. The Kier molecular flexibility index (Phi) is 5.53. The lowest BCUT2D eigenvalue weighted by molar-refractivity contribution is 0.0927. The van der Waals surface area contributed by atoms with Crippen LogP contribution in [0.3, 0.4) is 0 Å². The second kappa shape index (κ2) is 8.40. The second-order valence-electron chi connectivity index (χ2n) is 7.53. The van der Waals surface area contributed by atoms with Crippen LogP contribution in [-0.2, 0) is 6.54 Å². The van der Waals surface area contributed by atoms with Gasteiger partial charge in [0.1, 0.15) is 0 Å². The normalized spacial score (nSPS) is 18.1. The number of benzene rings is 2. The molecule has 4 rings (SSSR count). The van der Waals surface area contributed by atoms with E-state index < -0.39 is 0 Å². The van der Waals surface area contributed by atoms with E-state index in [0.29, 0.717) is 11.5 Å². The van der Waals surface area contributed by atoms with Gasteiger partial charge in [-0.1, -0.05) is 30.3 Å². The van der Waals surface area contributed by atoms with Gasteiger partial charge in [-0.05, 0) is 61.7 Å². The average Bonchev–Trinajstić information content (AvgIpc) is 3.41. The summed E-state index contributed by atoms with van der Waals surface area (Å²) >= 11 is 0. The van der Waals surface area contributed by atoms with Gasteiger partial charge in [-0.2, -0.15) is 5.10 Å². The van der Waals surface area contributed by atoms with Gasteiger partial charge in [0, 0.05) is 37.1 Å². The molecule has 144 valence electrons. The Labute approximate surface area is 166 Å². The lowest BCUT2D eigenvalue weighted by Crippen LogP contribution is -2.39. The standard InChI is InChI=1S/C23H26N4O/c1-18(21-12-15-26(17-21)16-19-6-3-2-4-7-19)25-23(28)20-8-10-22(11-9-20)27-14-5-13-24-27/h2-11,13-14,18,21H,12,15-17H2,1H3,(H,25,28)/t18-,21-/m1/s1. The predicted molar refractivity (Wildman–Crippen MR) is 110 cm³/mol. The second-order valence-corrected chi connectivity index (χ2v) is 7.53. The fraction of sp³-hybridized carbons (Fsp3) is 0.304. The summed E-state index contributed by atoms with van der Waals surface area (Å²) in [5.74, 6) is 0.469. The van der Waals surface area contributed by atoms with E-state index in [9.17, 15) is 4.79 Å². The zero-order chi connectivity index (χ0) is 19.3. The van der Waals surface area contributed by atoms with Crippen molar-refractivity contribution < 1.29 is 4.79 Å². The summed E-state index contributed by atoms with van der Waals surface area (Å²) < 4.78 is 1.78. The maximum atomic E-state index is 12.6. The molecule has 0 bridgehead atoms. The number of aromatic nitrogens is 2. The first-order valence-electron chi connectivity index (χ1n) is 9.86. The van der Waals surface area contributed by atoms with Crippen molar-refractivity contribution in [1.29, 1.82) is 0 Å². The maximum Gasteiger partial charge on any atom is 0.251 e. The maximum absolute atomic E-state index is 12.6. The minimum absolute atomic E-state index is 0.0129. The third-order valence-corrected chi connectivity index (χ3v) is 5.52. The number of nitrogens with zero attached hydrogens (tertiary/aromatic N) is 3. The van der Waals surface area contributed by atoms with Crippen LogP contribution < -0.4 is 5.32 Å². The number of amides is 1. The van der Waals surface area contributed by atoms with Crippen LogP contribution in [0.2, 0.25) is 0 Å². The molecule has 5 nitrogen and oxygen atoms in total. The highest BCUT2D eigenvalue weighted by Crippen LogP contribution is 2.22. The Hall–Kier alpha value is -2.92.